The molecule has 0 aromatic carbocycles. The summed E-state index contributed by atoms with van der Waals surface area (Å²) in [5.41, 5.74) is 1.02. The monoisotopic (exact) mass is 274 g/mol. The van der Waals surface area contributed by atoms with Crippen LogP contribution in [-0.4, -0.2) is 23.0 Å². The lowest BCUT2D eigenvalue weighted by molar-refractivity contribution is 0.986. The van der Waals surface area contributed by atoms with E-state index in [2.05, 4.69) is 39.4 Å². The van der Waals surface area contributed by atoms with E-state index < -0.39 is 0 Å². The van der Waals surface area contributed by atoms with E-state index in [4.69, 9.17) is 0 Å². The molecule has 1 atom stereocenters. The minimum Gasteiger partial charge on any atom is -0.369 e. The SMILES string of the molecule is CSC(C)CNc1ccc(Br)c(C)n1. The highest BCUT2D eigenvalue weighted by molar-refractivity contribution is 9.10. The number of hydrogen-bond donors (Lipinski definition) is 1. The third-order valence-corrected chi connectivity index (χ3v) is 3.80. The van der Waals surface area contributed by atoms with E-state index in [1.54, 1.807) is 0 Å². The highest BCUT2D eigenvalue weighted by Crippen LogP contribution is 2.16. The fourth-order valence-electron chi connectivity index (χ4n) is 0.974. The van der Waals surface area contributed by atoms with Crippen molar-refractivity contribution >= 4 is 33.5 Å². The van der Waals surface area contributed by atoms with E-state index in [1.807, 2.05) is 30.8 Å². The van der Waals surface area contributed by atoms with Crippen LogP contribution in [0.5, 0.6) is 0 Å². The number of thioether (sulfide) groups is 1. The number of hydrogen-bond acceptors (Lipinski definition) is 3. The maximum atomic E-state index is 4.41. The number of nitrogens with zero attached hydrogens (tertiary/aromatic N) is 1. The van der Waals surface area contributed by atoms with E-state index in [9.17, 15) is 0 Å². The first-order valence-corrected chi connectivity index (χ1v) is 6.61. The van der Waals surface area contributed by atoms with Crippen molar-refractivity contribution in [3.63, 3.8) is 0 Å². The number of rotatable bonds is 4. The van der Waals surface area contributed by atoms with Crippen LogP contribution in [0.2, 0.25) is 0 Å². The normalized spacial score (nSPS) is 12.6. The topological polar surface area (TPSA) is 24.9 Å². The summed E-state index contributed by atoms with van der Waals surface area (Å²) in [6, 6.07) is 4.01. The van der Waals surface area contributed by atoms with Crippen molar-refractivity contribution in [2.75, 3.05) is 18.1 Å². The zero-order valence-corrected chi connectivity index (χ0v) is 11.1. The average molecular weight is 275 g/mol. The molecule has 0 bridgehead atoms. The van der Waals surface area contributed by atoms with Gasteiger partial charge in [-0.3, -0.25) is 0 Å². The molecule has 1 heterocycles. The number of pyridine rings is 1. The lowest BCUT2D eigenvalue weighted by Crippen LogP contribution is -2.13. The van der Waals surface area contributed by atoms with Gasteiger partial charge in [-0.1, -0.05) is 6.92 Å². The van der Waals surface area contributed by atoms with E-state index in [0.29, 0.717) is 5.25 Å². The first-order valence-electron chi connectivity index (χ1n) is 4.53. The van der Waals surface area contributed by atoms with E-state index in [1.165, 1.54) is 0 Å². The summed E-state index contributed by atoms with van der Waals surface area (Å²) >= 11 is 5.28. The molecule has 0 aliphatic rings. The van der Waals surface area contributed by atoms with Crippen LogP contribution in [0.1, 0.15) is 12.6 Å². The van der Waals surface area contributed by atoms with Gasteiger partial charge >= 0.3 is 0 Å². The Hall–Kier alpha value is -0.220. The number of nitrogens with one attached hydrogen (secondary N) is 1. The van der Waals surface area contributed by atoms with Gasteiger partial charge in [0.1, 0.15) is 5.82 Å². The predicted octanol–water partition coefficient (Wildman–Crippen LogP) is 3.32. The van der Waals surface area contributed by atoms with Gasteiger partial charge in [-0.05, 0) is 41.2 Å². The van der Waals surface area contributed by atoms with E-state index in [0.717, 1.165) is 22.5 Å². The molecule has 1 N–H and O–H groups in total. The highest BCUT2D eigenvalue weighted by atomic mass is 79.9. The molecule has 1 aromatic heterocycles. The second kappa shape index (κ2) is 5.61. The minimum atomic E-state index is 0.612. The number of aromatic nitrogens is 1. The van der Waals surface area contributed by atoms with Crippen LogP contribution in [0.15, 0.2) is 16.6 Å². The number of anilines is 1. The second-order valence-electron chi connectivity index (χ2n) is 3.19. The molecule has 4 heteroatoms. The average Bonchev–Trinajstić information content (AvgIpc) is 2.19. The fourth-order valence-corrected chi connectivity index (χ4v) is 1.44. The minimum absolute atomic E-state index is 0.612. The molecule has 0 saturated carbocycles. The van der Waals surface area contributed by atoms with Gasteiger partial charge in [0.25, 0.3) is 0 Å². The molecule has 0 fully saturated rings. The Morgan fingerprint density at radius 3 is 2.86 bits per heavy atom. The molecule has 0 aliphatic carbocycles. The molecule has 1 rings (SSSR count). The number of aryl methyl sites for hydroxylation is 1. The van der Waals surface area contributed by atoms with Crippen molar-refractivity contribution in [2.24, 2.45) is 0 Å². The lowest BCUT2D eigenvalue weighted by atomic mass is 10.3. The lowest BCUT2D eigenvalue weighted by Gasteiger charge is -2.10. The van der Waals surface area contributed by atoms with Crippen LogP contribution in [0.3, 0.4) is 0 Å². The largest absolute Gasteiger partial charge is 0.369 e. The summed E-state index contributed by atoms with van der Waals surface area (Å²) in [6.45, 7) is 5.14. The summed E-state index contributed by atoms with van der Waals surface area (Å²) in [5, 5.41) is 3.92. The smallest absolute Gasteiger partial charge is 0.126 e. The van der Waals surface area contributed by atoms with Crippen LogP contribution < -0.4 is 5.32 Å². The highest BCUT2D eigenvalue weighted by Gasteiger charge is 2.01. The predicted molar refractivity (Wildman–Crippen MR) is 68.1 cm³/mol. The van der Waals surface area contributed by atoms with E-state index >= 15 is 0 Å². The fraction of sp³-hybridized carbons (Fsp3) is 0.500. The van der Waals surface area contributed by atoms with Gasteiger partial charge in [0.05, 0.1) is 5.69 Å². The summed E-state index contributed by atoms with van der Waals surface area (Å²) in [7, 11) is 0. The Balaban J connectivity index is 2.55. The summed E-state index contributed by atoms with van der Waals surface area (Å²) in [6.07, 6.45) is 2.12. The van der Waals surface area contributed by atoms with Crippen LogP contribution in [-0.2, 0) is 0 Å². The van der Waals surface area contributed by atoms with Crippen LogP contribution >= 0.6 is 27.7 Å². The molecule has 78 valence electrons. The zero-order chi connectivity index (χ0) is 10.6. The Morgan fingerprint density at radius 2 is 2.29 bits per heavy atom. The Labute approximate surface area is 98.0 Å². The first-order chi connectivity index (χ1) is 6.63. The molecule has 0 spiro atoms. The quantitative estimate of drug-likeness (QED) is 0.912. The molecule has 0 amide bonds. The van der Waals surface area contributed by atoms with Crippen molar-refractivity contribution < 1.29 is 0 Å². The third kappa shape index (κ3) is 3.50. The molecule has 2 nitrogen and oxygen atoms in total. The van der Waals surface area contributed by atoms with Gasteiger partial charge < -0.3 is 5.32 Å². The first kappa shape index (κ1) is 11.9. The van der Waals surface area contributed by atoms with Gasteiger partial charge in [-0.15, -0.1) is 0 Å². The maximum absolute atomic E-state index is 4.41. The van der Waals surface area contributed by atoms with Gasteiger partial charge in [0.2, 0.25) is 0 Å². The Kier molecular flexibility index (Phi) is 4.75. The van der Waals surface area contributed by atoms with Crippen molar-refractivity contribution in [3.8, 4) is 0 Å². The van der Waals surface area contributed by atoms with Gasteiger partial charge in [-0.25, -0.2) is 4.98 Å². The molecule has 1 aromatic rings. The molecular formula is C10H15BrN2S. The van der Waals surface area contributed by atoms with Crippen molar-refractivity contribution in [1.29, 1.82) is 0 Å². The molecule has 0 saturated heterocycles. The second-order valence-corrected chi connectivity index (χ2v) is 5.32. The van der Waals surface area contributed by atoms with Gasteiger partial charge in [0, 0.05) is 16.3 Å². The summed E-state index contributed by atoms with van der Waals surface area (Å²) in [5.74, 6) is 0.951. The maximum Gasteiger partial charge on any atom is 0.126 e. The van der Waals surface area contributed by atoms with Crippen LogP contribution in [0.4, 0.5) is 5.82 Å². The Bertz CT molecular complexity index is 304. The molecule has 14 heavy (non-hydrogen) atoms. The molecule has 0 radical (unpaired) electrons. The molecular weight excluding hydrogens is 260 g/mol. The number of halogens is 1. The van der Waals surface area contributed by atoms with Crippen LogP contribution in [0, 0.1) is 6.92 Å². The van der Waals surface area contributed by atoms with Crippen LogP contribution in [0.25, 0.3) is 0 Å². The zero-order valence-electron chi connectivity index (χ0n) is 8.67. The van der Waals surface area contributed by atoms with Crippen molar-refractivity contribution in [1.82, 2.24) is 4.98 Å². The van der Waals surface area contributed by atoms with Gasteiger partial charge in [0.15, 0.2) is 0 Å². The van der Waals surface area contributed by atoms with Gasteiger partial charge in [-0.2, -0.15) is 11.8 Å². The summed E-state index contributed by atoms with van der Waals surface area (Å²) < 4.78 is 1.06. The Morgan fingerprint density at radius 1 is 1.57 bits per heavy atom. The molecule has 0 aliphatic heterocycles. The molecule has 1 unspecified atom stereocenters. The standard InChI is InChI=1S/C10H15BrN2S/c1-7(14-3)6-12-10-5-4-9(11)8(2)13-10/h4-5,7H,6H2,1-3H3,(H,12,13). The van der Waals surface area contributed by atoms with Crippen molar-refractivity contribution in [2.45, 2.75) is 19.1 Å². The van der Waals surface area contributed by atoms with E-state index in [-0.39, 0.29) is 0 Å². The van der Waals surface area contributed by atoms with Crippen molar-refractivity contribution in [3.05, 3.63) is 22.3 Å². The third-order valence-electron chi connectivity index (χ3n) is 1.99. The summed E-state index contributed by atoms with van der Waals surface area (Å²) in [4.78, 5) is 4.41.